The number of rotatable bonds is 5. The van der Waals surface area contributed by atoms with E-state index in [4.69, 9.17) is 9.47 Å². The number of halogens is 3. The van der Waals surface area contributed by atoms with E-state index in [1.54, 1.807) is 6.20 Å². The van der Waals surface area contributed by atoms with E-state index in [9.17, 15) is 18.3 Å². The molecule has 1 N–H and O–H groups in total. The average molecular weight is 437 g/mol. The predicted octanol–water partition coefficient (Wildman–Crippen LogP) is 3.63. The first-order valence-corrected chi connectivity index (χ1v) is 10.3. The first kappa shape index (κ1) is 21.8. The molecule has 1 aliphatic heterocycles. The molecule has 1 aromatic heterocycles. The molecule has 1 aromatic carbocycles. The lowest BCUT2D eigenvalue weighted by Gasteiger charge is -2.41. The number of aromatic nitrogens is 2. The lowest BCUT2D eigenvalue weighted by Crippen LogP contribution is -2.43. The summed E-state index contributed by atoms with van der Waals surface area (Å²) >= 11 is 0. The van der Waals surface area contributed by atoms with E-state index >= 15 is 0 Å². The van der Waals surface area contributed by atoms with Crippen molar-refractivity contribution in [2.24, 2.45) is 11.8 Å². The maximum atomic E-state index is 12.8. The summed E-state index contributed by atoms with van der Waals surface area (Å²) in [6.45, 7) is 1.96. The van der Waals surface area contributed by atoms with Crippen LogP contribution in [-0.4, -0.2) is 47.3 Å². The number of methoxy groups -OCH3 is 2. The molecule has 2 fully saturated rings. The van der Waals surface area contributed by atoms with Crippen molar-refractivity contribution in [3.05, 3.63) is 47.2 Å². The summed E-state index contributed by atoms with van der Waals surface area (Å²) in [4.78, 5) is 10.6. The first-order chi connectivity index (χ1) is 14.7. The molecule has 1 saturated heterocycles. The summed E-state index contributed by atoms with van der Waals surface area (Å²) in [7, 11) is 2.97. The van der Waals surface area contributed by atoms with Crippen molar-refractivity contribution in [3.63, 3.8) is 0 Å². The van der Waals surface area contributed by atoms with Crippen molar-refractivity contribution < 1.29 is 27.8 Å². The van der Waals surface area contributed by atoms with Gasteiger partial charge in [0.25, 0.3) is 0 Å². The molecule has 1 aliphatic carbocycles. The van der Waals surface area contributed by atoms with Gasteiger partial charge in [-0.05, 0) is 42.9 Å². The Bertz CT molecular complexity index is 922. The highest BCUT2D eigenvalue weighted by Crippen LogP contribution is 2.50. The molecule has 2 aliphatic rings. The van der Waals surface area contributed by atoms with E-state index < -0.39 is 17.3 Å². The monoisotopic (exact) mass is 437 g/mol. The van der Waals surface area contributed by atoms with Crippen LogP contribution in [0.2, 0.25) is 0 Å². The number of hydrogen-bond acceptors (Lipinski definition) is 6. The van der Waals surface area contributed by atoms with Crippen LogP contribution in [0.15, 0.2) is 30.5 Å². The van der Waals surface area contributed by atoms with Crippen LogP contribution < -0.4 is 9.47 Å². The van der Waals surface area contributed by atoms with E-state index in [1.807, 2.05) is 0 Å². The van der Waals surface area contributed by atoms with Crippen LogP contribution in [0.5, 0.6) is 11.9 Å². The van der Waals surface area contributed by atoms with E-state index in [1.165, 1.54) is 26.4 Å². The second-order valence-electron chi connectivity index (χ2n) is 8.35. The van der Waals surface area contributed by atoms with E-state index in [0.29, 0.717) is 31.0 Å². The van der Waals surface area contributed by atoms with Gasteiger partial charge >= 0.3 is 12.2 Å². The van der Waals surface area contributed by atoms with Gasteiger partial charge in [0, 0.05) is 31.7 Å². The van der Waals surface area contributed by atoms with Crippen molar-refractivity contribution in [1.29, 1.82) is 0 Å². The molecule has 3 unspecified atom stereocenters. The number of ether oxygens (including phenoxy) is 2. The molecule has 6 nitrogen and oxygen atoms in total. The largest absolute Gasteiger partial charge is 0.481 e. The zero-order valence-electron chi connectivity index (χ0n) is 17.5. The summed E-state index contributed by atoms with van der Waals surface area (Å²) in [6.07, 6.45) is -0.326. The van der Waals surface area contributed by atoms with Crippen molar-refractivity contribution in [2.75, 3.05) is 27.3 Å². The maximum absolute atomic E-state index is 12.8. The maximum Gasteiger partial charge on any atom is 0.416 e. The van der Waals surface area contributed by atoms with E-state index in [-0.39, 0.29) is 17.8 Å². The smallest absolute Gasteiger partial charge is 0.416 e. The Balaban J connectivity index is 1.54. The van der Waals surface area contributed by atoms with Crippen molar-refractivity contribution in [1.82, 2.24) is 14.9 Å². The molecule has 1 saturated carbocycles. The van der Waals surface area contributed by atoms with Crippen LogP contribution >= 0.6 is 0 Å². The fourth-order valence-corrected chi connectivity index (χ4v) is 5.04. The van der Waals surface area contributed by atoms with Gasteiger partial charge in [0.2, 0.25) is 5.88 Å². The minimum Gasteiger partial charge on any atom is -0.481 e. The quantitative estimate of drug-likeness (QED) is 0.771. The van der Waals surface area contributed by atoms with E-state index in [0.717, 1.165) is 37.1 Å². The Morgan fingerprint density at radius 2 is 1.90 bits per heavy atom. The number of hydrogen-bond donors (Lipinski definition) is 1. The number of aliphatic hydroxyl groups is 1. The molecule has 0 spiro atoms. The van der Waals surface area contributed by atoms with Crippen LogP contribution in [0.1, 0.15) is 36.0 Å². The SMILES string of the molecule is COc1ncc(C2(O)CCCC3CN(Cc4ccc(C(F)(F)F)cc4)CC32)c(OC)n1. The van der Waals surface area contributed by atoms with Crippen LogP contribution in [0.4, 0.5) is 13.2 Å². The van der Waals surface area contributed by atoms with Crippen molar-refractivity contribution in [3.8, 4) is 11.9 Å². The Labute approximate surface area is 179 Å². The number of fused-ring (bicyclic) bond motifs is 1. The average Bonchev–Trinajstić information content (AvgIpc) is 3.17. The molecule has 2 aromatic rings. The van der Waals surface area contributed by atoms with Gasteiger partial charge in [0.1, 0.15) is 5.60 Å². The third kappa shape index (κ3) is 4.21. The molecule has 0 bridgehead atoms. The molecule has 9 heteroatoms. The number of alkyl halides is 3. The molecule has 168 valence electrons. The lowest BCUT2D eigenvalue weighted by molar-refractivity contribution is -0.137. The molecule has 3 atom stereocenters. The third-order valence-electron chi connectivity index (χ3n) is 6.52. The van der Waals surface area contributed by atoms with Gasteiger partial charge in [-0.15, -0.1) is 0 Å². The van der Waals surface area contributed by atoms with Gasteiger partial charge in [-0.2, -0.15) is 18.2 Å². The summed E-state index contributed by atoms with van der Waals surface area (Å²) in [5.74, 6) is 0.540. The van der Waals surface area contributed by atoms with Crippen LogP contribution in [0.25, 0.3) is 0 Å². The second-order valence-corrected chi connectivity index (χ2v) is 8.35. The van der Waals surface area contributed by atoms with Gasteiger partial charge < -0.3 is 14.6 Å². The van der Waals surface area contributed by atoms with Gasteiger partial charge in [-0.3, -0.25) is 4.90 Å². The minimum absolute atomic E-state index is 0.0402. The highest BCUT2D eigenvalue weighted by Gasteiger charge is 2.51. The van der Waals surface area contributed by atoms with Crippen LogP contribution in [0.3, 0.4) is 0 Å². The molecular weight excluding hydrogens is 411 g/mol. The molecule has 31 heavy (non-hydrogen) atoms. The summed E-state index contributed by atoms with van der Waals surface area (Å²) in [5.41, 5.74) is -0.398. The molecular formula is C22H26F3N3O3. The first-order valence-electron chi connectivity index (χ1n) is 10.3. The Kier molecular flexibility index (Phi) is 5.83. The molecule has 4 rings (SSSR count). The van der Waals surface area contributed by atoms with Crippen LogP contribution in [0, 0.1) is 11.8 Å². The van der Waals surface area contributed by atoms with Gasteiger partial charge in [-0.25, -0.2) is 4.98 Å². The van der Waals surface area contributed by atoms with E-state index in [2.05, 4.69) is 14.9 Å². The topological polar surface area (TPSA) is 67.7 Å². The van der Waals surface area contributed by atoms with Gasteiger partial charge in [0.05, 0.1) is 25.3 Å². The molecule has 0 amide bonds. The minimum atomic E-state index is -4.34. The Morgan fingerprint density at radius 1 is 1.16 bits per heavy atom. The van der Waals surface area contributed by atoms with Gasteiger partial charge in [-0.1, -0.05) is 12.1 Å². The van der Waals surface area contributed by atoms with Crippen molar-refractivity contribution >= 4 is 0 Å². The van der Waals surface area contributed by atoms with Crippen molar-refractivity contribution in [2.45, 2.75) is 37.6 Å². The fourth-order valence-electron chi connectivity index (χ4n) is 5.04. The zero-order chi connectivity index (χ0) is 22.2. The zero-order valence-corrected chi connectivity index (χ0v) is 17.5. The number of likely N-dealkylation sites (tertiary alicyclic amines) is 1. The summed E-state index contributed by atoms with van der Waals surface area (Å²) < 4.78 is 48.9. The van der Waals surface area contributed by atoms with Crippen LogP contribution in [-0.2, 0) is 18.3 Å². The third-order valence-corrected chi connectivity index (χ3v) is 6.52. The highest BCUT2D eigenvalue weighted by molar-refractivity contribution is 5.33. The van der Waals surface area contributed by atoms with Gasteiger partial charge in [0.15, 0.2) is 0 Å². The predicted molar refractivity (Wildman–Crippen MR) is 107 cm³/mol. The molecule has 2 heterocycles. The Morgan fingerprint density at radius 3 is 2.55 bits per heavy atom. The lowest BCUT2D eigenvalue weighted by atomic mass is 9.68. The molecule has 0 radical (unpaired) electrons. The standard InChI is InChI=1S/C22H26F3N3O3/c1-30-19-17(10-26-20(27-19)31-2)21(29)9-3-4-15-12-28(13-18(15)21)11-14-5-7-16(8-6-14)22(23,24)25/h5-8,10,15,18,29H,3-4,9,11-13H2,1-2H3. The number of nitrogens with zero attached hydrogens (tertiary/aromatic N) is 3. The second kappa shape index (κ2) is 8.27. The number of benzene rings is 1. The highest BCUT2D eigenvalue weighted by atomic mass is 19.4. The Hall–Kier alpha value is -2.39. The summed E-state index contributed by atoms with van der Waals surface area (Å²) in [6, 6.07) is 5.46. The fraction of sp³-hybridized carbons (Fsp3) is 0.545. The summed E-state index contributed by atoms with van der Waals surface area (Å²) in [5, 5.41) is 11.7. The normalized spacial score (nSPS) is 26.5.